The van der Waals surface area contributed by atoms with Crippen molar-refractivity contribution in [3.8, 4) is 22.3 Å². The van der Waals surface area contributed by atoms with E-state index in [4.69, 9.17) is 4.42 Å². The molecule has 0 fully saturated rings. The van der Waals surface area contributed by atoms with Gasteiger partial charge in [0.05, 0.1) is 16.8 Å². The van der Waals surface area contributed by atoms with Gasteiger partial charge in [0.1, 0.15) is 11.2 Å². The van der Waals surface area contributed by atoms with Crippen molar-refractivity contribution in [2.75, 3.05) is 4.90 Å². The number of para-hydroxylation sites is 2. The first kappa shape index (κ1) is 32.1. The highest BCUT2D eigenvalue weighted by Crippen LogP contribution is 2.63. The molecule has 1 aromatic heterocycles. The van der Waals surface area contributed by atoms with Crippen LogP contribution >= 0.6 is 11.8 Å². The normalized spacial score (nSPS) is 15.3. The highest BCUT2D eigenvalue weighted by molar-refractivity contribution is 7.99. The van der Waals surface area contributed by atoms with Gasteiger partial charge >= 0.3 is 0 Å². The van der Waals surface area contributed by atoms with Gasteiger partial charge in [-0.3, -0.25) is 0 Å². The summed E-state index contributed by atoms with van der Waals surface area (Å²) in [6, 6.07) is 75.6. The molecule has 0 atom stereocenters. The number of fused-ring (bicyclic) bond motifs is 21. The summed E-state index contributed by atoms with van der Waals surface area (Å²) in [5.41, 5.74) is 15.4. The van der Waals surface area contributed by atoms with Gasteiger partial charge in [0.2, 0.25) is 0 Å². The Morgan fingerprint density at radius 3 is 1.61 bits per heavy atom. The van der Waals surface area contributed by atoms with Crippen molar-refractivity contribution in [1.29, 1.82) is 0 Å². The van der Waals surface area contributed by atoms with E-state index in [1.807, 2.05) is 11.8 Å². The molecule has 0 N–H and O–H groups in total. The van der Waals surface area contributed by atoms with Gasteiger partial charge in [-0.05, 0) is 108 Å². The van der Waals surface area contributed by atoms with Gasteiger partial charge in [0.25, 0.3) is 0 Å². The van der Waals surface area contributed by atoms with E-state index < -0.39 is 13.5 Å². The molecule has 4 heteroatoms. The van der Waals surface area contributed by atoms with E-state index in [0.29, 0.717) is 0 Å². The molecule has 0 aliphatic carbocycles. The van der Waals surface area contributed by atoms with E-state index in [0.717, 1.165) is 33.3 Å². The molecule has 9 aromatic carbocycles. The maximum absolute atomic E-state index is 6.75. The van der Waals surface area contributed by atoms with Gasteiger partial charge in [0, 0.05) is 32.3 Å². The molecule has 0 saturated heterocycles. The zero-order valence-electron chi connectivity index (χ0n) is 31.8. The minimum absolute atomic E-state index is 0.570. The van der Waals surface area contributed by atoms with Crippen LogP contribution in [0.15, 0.2) is 214 Å². The third kappa shape index (κ3) is 3.85. The Morgan fingerprint density at radius 2 is 0.932 bits per heavy atom. The SMILES string of the molecule is c1ccc2c(c1)Sc1ccccc1C21c2ccccc2N(c2ccc3c(c2)[Si]2(c4ccccc4-c4ccccc42)c2ccccc2-3)c2cc3oc4ccccc4c3cc21. The topological polar surface area (TPSA) is 16.4 Å². The summed E-state index contributed by atoms with van der Waals surface area (Å²) in [7, 11) is -2.68. The standard InChI is InChI=1S/C55H33NOSSi/c1-9-23-47-35(15-1)40-32-44-46(33-48(40)57-47)56(45-22-8-5-19-41(45)55(44)42-20-6-10-24-49(42)58-50-25-11-7-21-43(50)55)34-29-30-39-38-18-4-14-28-53(38)59(54(39)31-34)51-26-12-2-16-36(51)37-17-3-13-27-52(37)59/h1-33H. The van der Waals surface area contributed by atoms with Crippen LogP contribution in [0.2, 0.25) is 0 Å². The lowest BCUT2D eigenvalue weighted by molar-refractivity contribution is 0.665. The molecule has 10 aromatic rings. The number of anilines is 3. The van der Waals surface area contributed by atoms with Crippen LogP contribution in [0.1, 0.15) is 22.3 Å². The lowest BCUT2D eigenvalue weighted by Gasteiger charge is -2.49. The summed E-state index contributed by atoms with van der Waals surface area (Å²) in [6.07, 6.45) is 0. The van der Waals surface area contributed by atoms with Crippen LogP contribution in [-0.2, 0) is 5.41 Å². The Morgan fingerprint density at radius 1 is 0.390 bits per heavy atom. The fourth-order valence-corrected chi connectivity index (χ4v) is 18.4. The second-order valence-electron chi connectivity index (χ2n) is 16.3. The second kappa shape index (κ2) is 11.4. The number of hydrogen-bond donors (Lipinski definition) is 0. The molecular weight excluding hydrogens is 751 g/mol. The predicted octanol–water partition coefficient (Wildman–Crippen LogP) is 11.6. The lowest BCUT2D eigenvalue weighted by Crippen LogP contribution is -2.70. The molecule has 0 unspecified atom stereocenters. The number of furan rings is 1. The number of rotatable bonds is 1. The summed E-state index contributed by atoms with van der Waals surface area (Å²) in [5.74, 6) is 0. The second-order valence-corrected chi connectivity index (χ2v) is 21.0. The minimum atomic E-state index is -2.68. The molecule has 2 nitrogen and oxygen atoms in total. The summed E-state index contributed by atoms with van der Waals surface area (Å²) in [4.78, 5) is 5.13. The van der Waals surface area contributed by atoms with Crippen LogP contribution in [0.4, 0.5) is 17.1 Å². The van der Waals surface area contributed by atoms with Crippen LogP contribution in [0, 0.1) is 0 Å². The number of benzene rings is 9. The minimum Gasteiger partial charge on any atom is -0.456 e. The summed E-state index contributed by atoms with van der Waals surface area (Å²) in [5, 5.41) is 8.20. The van der Waals surface area contributed by atoms with Crippen LogP contribution < -0.4 is 25.6 Å². The molecular formula is C55H33NOSSi. The largest absolute Gasteiger partial charge is 0.456 e. The van der Waals surface area contributed by atoms with Gasteiger partial charge in [-0.25, -0.2) is 0 Å². The molecule has 5 heterocycles. The fourth-order valence-electron chi connectivity index (χ4n) is 11.6. The summed E-state index contributed by atoms with van der Waals surface area (Å²) >= 11 is 1.88. The molecule has 274 valence electrons. The van der Waals surface area contributed by atoms with Gasteiger partial charge in [-0.1, -0.05) is 163 Å². The highest BCUT2D eigenvalue weighted by atomic mass is 32.2. The van der Waals surface area contributed by atoms with Crippen molar-refractivity contribution in [3.05, 3.63) is 222 Å². The Balaban J connectivity index is 1.11. The van der Waals surface area contributed by atoms with Crippen LogP contribution in [-0.4, -0.2) is 8.07 Å². The average molecular weight is 784 g/mol. The molecule has 0 amide bonds. The molecule has 59 heavy (non-hydrogen) atoms. The van der Waals surface area contributed by atoms with Crippen molar-refractivity contribution in [2.45, 2.75) is 15.2 Å². The third-order valence-corrected chi connectivity index (χ3v) is 19.8. The summed E-state index contributed by atoms with van der Waals surface area (Å²) in [6.45, 7) is 0. The number of nitrogens with zero attached hydrogens (tertiary/aromatic N) is 1. The lowest BCUT2D eigenvalue weighted by atomic mass is 9.62. The smallest absolute Gasteiger partial charge is 0.182 e. The monoisotopic (exact) mass is 783 g/mol. The Labute approximate surface area is 347 Å². The van der Waals surface area contributed by atoms with Gasteiger partial charge in [0.15, 0.2) is 8.07 Å². The van der Waals surface area contributed by atoms with E-state index >= 15 is 0 Å². The molecule has 4 aliphatic rings. The zero-order valence-corrected chi connectivity index (χ0v) is 33.6. The number of hydrogen-bond acceptors (Lipinski definition) is 3. The van der Waals surface area contributed by atoms with Crippen LogP contribution in [0.3, 0.4) is 0 Å². The highest BCUT2D eigenvalue weighted by Gasteiger charge is 2.55. The zero-order chi connectivity index (χ0) is 38.5. The van der Waals surface area contributed by atoms with Gasteiger partial charge in [-0.2, -0.15) is 0 Å². The Hall–Kier alpha value is -6.85. The first-order valence-electron chi connectivity index (χ1n) is 20.4. The van der Waals surface area contributed by atoms with E-state index in [-0.39, 0.29) is 0 Å². The van der Waals surface area contributed by atoms with E-state index in [2.05, 4.69) is 205 Å². The molecule has 0 saturated carbocycles. The molecule has 2 spiro atoms. The quantitative estimate of drug-likeness (QED) is 0.154. The molecule has 14 rings (SSSR count). The first-order valence-corrected chi connectivity index (χ1v) is 23.2. The predicted molar refractivity (Wildman–Crippen MR) is 246 cm³/mol. The van der Waals surface area contributed by atoms with Crippen molar-refractivity contribution in [3.63, 3.8) is 0 Å². The van der Waals surface area contributed by atoms with Crippen molar-refractivity contribution < 1.29 is 4.42 Å². The van der Waals surface area contributed by atoms with Crippen LogP contribution in [0.25, 0.3) is 44.2 Å². The van der Waals surface area contributed by atoms with E-state index in [1.165, 1.54) is 80.7 Å². The van der Waals surface area contributed by atoms with Crippen molar-refractivity contribution >= 4 is 79.6 Å². The molecule has 0 radical (unpaired) electrons. The van der Waals surface area contributed by atoms with Gasteiger partial charge in [-0.15, -0.1) is 0 Å². The van der Waals surface area contributed by atoms with Gasteiger partial charge < -0.3 is 9.32 Å². The fraction of sp³-hybridized carbons (Fsp3) is 0.0182. The van der Waals surface area contributed by atoms with E-state index in [9.17, 15) is 0 Å². The Kier molecular flexibility index (Phi) is 6.22. The van der Waals surface area contributed by atoms with E-state index in [1.54, 1.807) is 0 Å². The molecule has 0 bridgehead atoms. The van der Waals surface area contributed by atoms with Crippen molar-refractivity contribution in [2.24, 2.45) is 0 Å². The maximum Gasteiger partial charge on any atom is 0.182 e. The Bertz CT molecular complexity index is 3360. The average Bonchev–Trinajstić information content (AvgIpc) is 3.92. The van der Waals surface area contributed by atoms with Crippen molar-refractivity contribution in [1.82, 2.24) is 0 Å². The third-order valence-electron chi connectivity index (χ3n) is 13.7. The van der Waals surface area contributed by atoms with Crippen LogP contribution in [0.5, 0.6) is 0 Å². The molecule has 4 aliphatic heterocycles. The summed E-state index contributed by atoms with van der Waals surface area (Å²) < 4.78 is 6.75. The first-order chi connectivity index (χ1) is 29.3. The maximum atomic E-state index is 6.75.